The normalized spacial score (nSPS) is 19.8. The lowest BCUT2D eigenvalue weighted by Gasteiger charge is -2.29. The van der Waals surface area contributed by atoms with Gasteiger partial charge in [-0.05, 0) is 29.5 Å². The Morgan fingerprint density at radius 1 is 1.36 bits per heavy atom. The number of β-amino-alcohol motifs (C(OH)–C–C–N with tert-alkyl or cyclic N) is 1. The highest BCUT2D eigenvalue weighted by molar-refractivity contribution is 7.13. The maximum Gasteiger partial charge on any atom is 0.243 e. The molecule has 33 heavy (non-hydrogen) atoms. The fourth-order valence-corrected chi connectivity index (χ4v) is 4.76. The van der Waals surface area contributed by atoms with Gasteiger partial charge in [-0.25, -0.2) is 4.98 Å². The highest BCUT2D eigenvalue weighted by atomic mass is 32.1. The van der Waals surface area contributed by atoms with Crippen molar-refractivity contribution in [2.45, 2.75) is 51.4 Å². The van der Waals surface area contributed by atoms with Gasteiger partial charge in [0.2, 0.25) is 11.8 Å². The van der Waals surface area contributed by atoms with Crippen molar-refractivity contribution < 1.29 is 19.8 Å². The molecule has 1 saturated heterocycles. The number of aromatic nitrogens is 1. The average molecular weight is 473 g/mol. The Morgan fingerprint density at radius 3 is 2.61 bits per heavy atom. The Balaban J connectivity index is 1.75. The lowest BCUT2D eigenvalue weighted by atomic mass is 10.0. The van der Waals surface area contributed by atoms with Crippen LogP contribution in [-0.4, -0.2) is 63.3 Å². The van der Waals surface area contributed by atoms with E-state index in [0.29, 0.717) is 5.56 Å². The first-order valence-corrected chi connectivity index (χ1v) is 11.6. The van der Waals surface area contributed by atoms with Gasteiger partial charge in [-0.15, -0.1) is 11.3 Å². The molecule has 1 aliphatic heterocycles. The minimum absolute atomic E-state index is 0.0201. The van der Waals surface area contributed by atoms with E-state index in [1.165, 1.54) is 16.2 Å². The van der Waals surface area contributed by atoms with Crippen LogP contribution in [0.3, 0.4) is 0 Å². The van der Waals surface area contributed by atoms with Crippen molar-refractivity contribution in [3.63, 3.8) is 0 Å². The molecule has 1 aromatic heterocycles. The number of carbonyl (C=O) groups is 2. The third kappa shape index (κ3) is 5.51. The Kier molecular flexibility index (Phi) is 8.04. The maximum atomic E-state index is 13.1. The van der Waals surface area contributed by atoms with E-state index in [2.05, 4.69) is 20.3 Å². The highest BCUT2D eigenvalue weighted by Crippen LogP contribution is 2.29. The second-order valence-electron chi connectivity index (χ2n) is 8.42. The molecule has 3 N–H and O–H groups in total. The molecule has 1 aromatic carbocycles. The number of hydrogen-bond donors (Lipinski definition) is 3. The Morgan fingerprint density at radius 2 is 2.06 bits per heavy atom. The fraction of sp³-hybridized carbons (Fsp3) is 0.500. The molecule has 2 heterocycles. The van der Waals surface area contributed by atoms with Gasteiger partial charge in [-0.2, -0.15) is 0 Å². The lowest BCUT2D eigenvalue weighted by molar-refractivity contribution is -0.140. The number of azide groups is 1. The molecular weight excluding hydrogens is 444 g/mol. The summed E-state index contributed by atoms with van der Waals surface area (Å²) in [5.74, 6) is -1.24. The summed E-state index contributed by atoms with van der Waals surface area (Å²) in [4.78, 5) is 35.3. The fourth-order valence-electron chi connectivity index (χ4n) is 3.95. The molecule has 4 atom stereocenters. The number of aliphatic hydroxyl groups is 2. The van der Waals surface area contributed by atoms with E-state index in [1.54, 1.807) is 19.4 Å². The van der Waals surface area contributed by atoms with Crippen molar-refractivity contribution in [2.75, 3.05) is 13.2 Å². The lowest BCUT2D eigenvalue weighted by Crippen LogP contribution is -2.50. The van der Waals surface area contributed by atoms with Crippen LogP contribution in [0.4, 0.5) is 0 Å². The monoisotopic (exact) mass is 472 g/mol. The zero-order valence-corrected chi connectivity index (χ0v) is 19.6. The molecular formula is C22H28N6O4S. The van der Waals surface area contributed by atoms with Gasteiger partial charge in [-0.1, -0.05) is 43.2 Å². The number of rotatable bonds is 8. The molecule has 1 aliphatic rings. The van der Waals surface area contributed by atoms with Gasteiger partial charge in [0.1, 0.15) is 12.1 Å². The molecule has 10 nitrogen and oxygen atoms in total. The van der Waals surface area contributed by atoms with Crippen LogP contribution in [0.1, 0.15) is 37.6 Å². The number of carbonyl (C=O) groups excluding carboxylic acids is 2. The van der Waals surface area contributed by atoms with E-state index < -0.39 is 36.0 Å². The van der Waals surface area contributed by atoms with Crippen molar-refractivity contribution in [1.82, 2.24) is 15.2 Å². The van der Waals surface area contributed by atoms with Crippen molar-refractivity contribution in [1.29, 1.82) is 0 Å². The molecule has 11 heteroatoms. The number of aliphatic hydroxyl groups excluding tert-OH is 2. The van der Waals surface area contributed by atoms with E-state index >= 15 is 0 Å². The summed E-state index contributed by atoms with van der Waals surface area (Å²) in [6.07, 6.45) is -0.793. The summed E-state index contributed by atoms with van der Waals surface area (Å²) < 4.78 is 0. The summed E-state index contributed by atoms with van der Waals surface area (Å²) in [6.45, 7) is 5.08. The number of nitrogens with zero attached hydrogens (tertiary/aromatic N) is 5. The highest BCUT2D eigenvalue weighted by Gasteiger charge is 2.42. The van der Waals surface area contributed by atoms with E-state index in [4.69, 9.17) is 5.53 Å². The van der Waals surface area contributed by atoms with Crippen LogP contribution >= 0.6 is 11.3 Å². The van der Waals surface area contributed by atoms with Crippen LogP contribution in [0.5, 0.6) is 0 Å². The predicted octanol–water partition coefficient (Wildman–Crippen LogP) is 2.56. The first-order chi connectivity index (χ1) is 15.8. The zero-order valence-electron chi connectivity index (χ0n) is 18.8. The van der Waals surface area contributed by atoms with Gasteiger partial charge in [0.05, 0.1) is 34.8 Å². The Hall–Kier alpha value is -2.98. The third-order valence-corrected chi connectivity index (χ3v) is 6.72. The smallest absolute Gasteiger partial charge is 0.243 e. The minimum Gasteiger partial charge on any atom is -0.394 e. The summed E-state index contributed by atoms with van der Waals surface area (Å²) in [6, 6.07) is 4.92. The van der Waals surface area contributed by atoms with Gasteiger partial charge >= 0.3 is 0 Å². The van der Waals surface area contributed by atoms with Crippen LogP contribution in [0, 0.1) is 12.8 Å². The molecule has 176 valence electrons. The van der Waals surface area contributed by atoms with Gasteiger partial charge in [-0.3, -0.25) is 9.59 Å². The number of amides is 2. The predicted molar refractivity (Wildman–Crippen MR) is 124 cm³/mol. The quantitative estimate of drug-likeness (QED) is 0.306. The summed E-state index contributed by atoms with van der Waals surface area (Å²) in [5, 5.41) is 26.4. The van der Waals surface area contributed by atoms with Gasteiger partial charge in [0.25, 0.3) is 0 Å². The van der Waals surface area contributed by atoms with Crippen LogP contribution < -0.4 is 5.32 Å². The second-order valence-corrected chi connectivity index (χ2v) is 9.28. The molecule has 0 bridgehead atoms. The molecule has 0 spiro atoms. The Labute approximate surface area is 195 Å². The summed E-state index contributed by atoms with van der Waals surface area (Å²) in [7, 11) is 0. The van der Waals surface area contributed by atoms with E-state index in [-0.39, 0.29) is 25.5 Å². The molecule has 1 fully saturated rings. The van der Waals surface area contributed by atoms with Crippen molar-refractivity contribution in [3.05, 3.63) is 51.5 Å². The van der Waals surface area contributed by atoms with E-state index in [1.807, 2.05) is 31.2 Å². The summed E-state index contributed by atoms with van der Waals surface area (Å²) in [5.41, 5.74) is 13.2. The first kappa shape index (κ1) is 24.7. The van der Waals surface area contributed by atoms with Crippen molar-refractivity contribution in [3.8, 4) is 10.4 Å². The number of benzene rings is 1. The zero-order chi connectivity index (χ0) is 24.1. The molecule has 0 saturated carbocycles. The standard InChI is InChI=1S/C22H28N6O4S/c1-12(2)19(26-27-23)22(32)28-9-16(30)8-18(28)21(31)25-17(10-29)14-4-6-15(7-5-14)20-13(3)24-11-33-20/h4-7,11-12,16-19,29-30H,8-10H2,1-3H3,(H,25,31)/t16?,17-,18-,19-/m0/s1. The number of likely N-dealkylation sites (tertiary alicyclic amines) is 1. The topological polar surface area (TPSA) is 152 Å². The van der Waals surface area contributed by atoms with Crippen LogP contribution in [0.25, 0.3) is 20.9 Å². The average Bonchev–Trinajstić information content (AvgIpc) is 3.40. The summed E-state index contributed by atoms with van der Waals surface area (Å²) >= 11 is 1.54. The van der Waals surface area contributed by atoms with Gasteiger partial charge in [0.15, 0.2) is 0 Å². The van der Waals surface area contributed by atoms with Crippen molar-refractivity contribution in [2.24, 2.45) is 11.0 Å². The van der Waals surface area contributed by atoms with E-state index in [9.17, 15) is 19.8 Å². The number of thiazole rings is 1. The molecule has 2 amide bonds. The number of hydrogen-bond acceptors (Lipinski definition) is 7. The largest absolute Gasteiger partial charge is 0.394 e. The molecule has 2 aromatic rings. The second kappa shape index (κ2) is 10.8. The van der Waals surface area contributed by atoms with E-state index in [0.717, 1.165) is 16.1 Å². The molecule has 3 rings (SSSR count). The van der Waals surface area contributed by atoms with Crippen molar-refractivity contribution >= 4 is 23.2 Å². The SMILES string of the molecule is Cc1ncsc1-c1ccc([C@H](CO)NC(=O)[C@@H]2CC(O)CN2C(=O)[C@@H](N=[N+]=[N-])C(C)C)cc1. The van der Waals surface area contributed by atoms with Gasteiger partial charge < -0.3 is 20.4 Å². The van der Waals surface area contributed by atoms with Crippen LogP contribution in [-0.2, 0) is 9.59 Å². The first-order valence-electron chi connectivity index (χ1n) is 10.7. The minimum atomic E-state index is -0.966. The number of nitrogens with one attached hydrogen (secondary N) is 1. The third-order valence-electron chi connectivity index (χ3n) is 5.75. The maximum absolute atomic E-state index is 13.1. The number of aryl methyl sites for hydroxylation is 1. The van der Waals surface area contributed by atoms with Crippen LogP contribution in [0.2, 0.25) is 0 Å². The Bertz CT molecular complexity index is 1030. The van der Waals surface area contributed by atoms with Gasteiger partial charge in [0, 0.05) is 17.9 Å². The molecule has 1 unspecified atom stereocenters. The molecule has 0 radical (unpaired) electrons. The van der Waals surface area contributed by atoms with Crippen LogP contribution in [0.15, 0.2) is 34.9 Å². The molecule has 0 aliphatic carbocycles.